The lowest BCUT2D eigenvalue weighted by atomic mass is 10.0. The fraction of sp³-hybridized carbons (Fsp3) is 0.538. The van der Waals surface area contributed by atoms with E-state index in [0.29, 0.717) is 19.6 Å². The lowest BCUT2D eigenvalue weighted by Crippen LogP contribution is -2.46. The summed E-state index contributed by atoms with van der Waals surface area (Å²) in [5.74, 6) is 0. The highest BCUT2D eigenvalue weighted by molar-refractivity contribution is 7.89. The van der Waals surface area contributed by atoms with Crippen LogP contribution in [0.2, 0.25) is 0 Å². The zero-order valence-corrected chi connectivity index (χ0v) is 12.1. The second-order valence-corrected chi connectivity index (χ2v) is 6.71. The molecule has 1 saturated heterocycles. The van der Waals surface area contributed by atoms with E-state index in [1.165, 1.54) is 0 Å². The van der Waals surface area contributed by atoms with Crippen LogP contribution in [-0.2, 0) is 14.8 Å². The fourth-order valence-electron chi connectivity index (χ4n) is 2.09. The number of hydrogen-bond acceptors (Lipinski definition) is 4. The normalized spacial score (nSPS) is 23.5. The van der Waals surface area contributed by atoms with E-state index in [2.05, 4.69) is 10.0 Å². The number of sulfonamides is 1. The van der Waals surface area contributed by atoms with Crippen LogP contribution in [0.1, 0.15) is 20.3 Å². The number of ether oxygens (including phenoxy) is 1. The van der Waals surface area contributed by atoms with Gasteiger partial charge in [0.1, 0.15) is 0 Å². The van der Waals surface area contributed by atoms with Crippen LogP contribution in [0.5, 0.6) is 0 Å². The molecule has 6 heteroatoms. The van der Waals surface area contributed by atoms with Crippen molar-refractivity contribution >= 4 is 15.7 Å². The van der Waals surface area contributed by atoms with Crippen LogP contribution in [0.25, 0.3) is 0 Å². The first kappa shape index (κ1) is 14.3. The first-order valence-corrected chi connectivity index (χ1v) is 7.89. The number of benzene rings is 1. The number of nitrogens with one attached hydrogen (secondary N) is 2. The van der Waals surface area contributed by atoms with Crippen molar-refractivity contribution < 1.29 is 13.2 Å². The Hall–Kier alpha value is -1.11. The highest BCUT2D eigenvalue weighted by Crippen LogP contribution is 2.22. The van der Waals surface area contributed by atoms with Gasteiger partial charge >= 0.3 is 0 Å². The van der Waals surface area contributed by atoms with Gasteiger partial charge in [-0.15, -0.1) is 0 Å². The summed E-state index contributed by atoms with van der Waals surface area (Å²) < 4.78 is 32.5. The molecule has 19 heavy (non-hydrogen) atoms. The molecule has 1 aromatic carbocycles. The maximum Gasteiger partial charge on any atom is 0.241 e. The summed E-state index contributed by atoms with van der Waals surface area (Å²) in [5.41, 5.74) is 0.413. The topological polar surface area (TPSA) is 67.4 Å². The summed E-state index contributed by atoms with van der Waals surface area (Å²) in [6.07, 6.45) is 0.696. The third kappa shape index (κ3) is 3.46. The smallest absolute Gasteiger partial charge is 0.241 e. The lowest BCUT2D eigenvalue weighted by Gasteiger charge is -2.23. The molecule has 1 aromatic rings. The Morgan fingerprint density at radius 3 is 2.53 bits per heavy atom. The van der Waals surface area contributed by atoms with E-state index in [1.54, 1.807) is 24.3 Å². The maximum atomic E-state index is 12.3. The molecule has 5 nitrogen and oxygen atoms in total. The van der Waals surface area contributed by atoms with Gasteiger partial charge in [-0.25, -0.2) is 13.1 Å². The maximum absolute atomic E-state index is 12.3. The first-order valence-electron chi connectivity index (χ1n) is 6.41. The van der Waals surface area contributed by atoms with Crippen LogP contribution in [0.4, 0.5) is 5.69 Å². The monoisotopic (exact) mass is 284 g/mol. The Labute approximate surface area is 114 Å². The third-order valence-electron chi connectivity index (χ3n) is 3.15. The fourth-order valence-corrected chi connectivity index (χ4v) is 3.51. The molecule has 0 aromatic heterocycles. The average Bonchev–Trinajstić information content (AvgIpc) is 2.76. The third-order valence-corrected chi connectivity index (χ3v) is 4.80. The summed E-state index contributed by atoms with van der Waals surface area (Å²) in [6.45, 7) is 5.68. The molecular formula is C13H20N2O3S. The molecule has 2 N–H and O–H groups in total. The van der Waals surface area contributed by atoms with E-state index in [-0.39, 0.29) is 4.90 Å². The number of anilines is 1. The van der Waals surface area contributed by atoms with Crippen LogP contribution >= 0.6 is 0 Å². The van der Waals surface area contributed by atoms with Gasteiger partial charge < -0.3 is 10.1 Å². The van der Waals surface area contributed by atoms with Crippen molar-refractivity contribution in [1.82, 2.24) is 4.72 Å². The molecule has 0 radical (unpaired) electrons. The summed E-state index contributed by atoms with van der Waals surface area (Å²) in [4.78, 5) is 0.280. The first-order chi connectivity index (χ1) is 8.95. The van der Waals surface area contributed by atoms with E-state index < -0.39 is 15.6 Å². The Morgan fingerprint density at radius 2 is 2.00 bits per heavy atom. The molecule has 1 fully saturated rings. The van der Waals surface area contributed by atoms with Crippen molar-refractivity contribution in [2.24, 2.45) is 0 Å². The van der Waals surface area contributed by atoms with Crippen LogP contribution < -0.4 is 10.0 Å². The van der Waals surface area contributed by atoms with Gasteiger partial charge in [0, 0.05) is 18.8 Å². The highest BCUT2D eigenvalue weighted by atomic mass is 32.2. The molecule has 2 rings (SSSR count). The molecule has 0 amide bonds. The van der Waals surface area contributed by atoms with Crippen molar-refractivity contribution in [2.45, 2.75) is 30.7 Å². The van der Waals surface area contributed by atoms with Crippen molar-refractivity contribution in [3.05, 3.63) is 24.3 Å². The van der Waals surface area contributed by atoms with Gasteiger partial charge in [0.2, 0.25) is 10.0 Å². The van der Waals surface area contributed by atoms with Gasteiger partial charge in [-0.05, 0) is 44.5 Å². The molecule has 1 aliphatic rings. The minimum atomic E-state index is -3.49. The predicted octanol–water partition coefficient (Wildman–Crippen LogP) is 1.58. The number of hydrogen-bond donors (Lipinski definition) is 2. The van der Waals surface area contributed by atoms with E-state index in [4.69, 9.17) is 4.74 Å². The molecule has 106 valence electrons. The zero-order chi connectivity index (χ0) is 13.9. The summed E-state index contributed by atoms with van der Waals surface area (Å²) in [6, 6.07) is 6.76. The lowest BCUT2D eigenvalue weighted by molar-refractivity contribution is 0.178. The summed E-state index contributed by atoms with van der Waals surface area (Å²) >= 11 is 0. The highest BCUT2D eigenvalue weighted by Gasteiger charge is 2.34. The molecular weight excluding hydrogens is 264 g/mol. The zero-order valence-electron chi connectivity index (χ0n) is 11.3. The minimum absolute atomic E-state index is 0.280. The molecule has 0 bridgehead atoms. The van der Waals surface area contributed by atoms with Crippen LogP contribution in [0.15, 0.2) is 29.2 Å². The Balaban J connectivity index is 2.15. The Bertz CT molecular complexity index is 519. The predicted molar refractivity (Wildman–Crippen MR) is 74.8 cm³/mol. The molecule has 0 saturated carbocycles. The van der Waals surface area contributed by atoms with E-state index >= 15 is 0 Å². The molecule has 1 heterocycles. The van der Waals surface area contributed by atoms with Crippen LogP contribution in [-0.4, -0.2) is 33.7 Å². The van der Waals surface area contributed by atoms with E-state index in [1.807, 2.05) is 13.8 Å². The van der Waals surface area contributed by atoms with E-state index in [9.17, 15) is 8.42 Å². The second-order valence-electron chi connectivity index (χ2n) is 5.02. The van der Waals surface area contributed by atoms with Gasteiger partial charge in [0.25, 0.3) is 0 Å². The van der Waals surface area contributed by atoms with Gasteiger partial charge in [0.15, 0.2) is 0 Å². The Morgan fingerprint density at radius 1 is 1.32 bits per heavy atom. The largest absolute Gasteiger partial charge is 0.385 e. The number of rotatable bonds is 5. The van der Waals surface area contributed by atoms with Crippen molar-refractivity contribution in [1.29, 1.82) is 0 Å². The van der Waals surface area contributed by atoms with Gasteiger partial charge in [-0.2, -0.15) is 0 Å². The van der Waals surface area contributed by atoms with Crippen molar-refractivity contribution in [3.8, 4) is 0 Å². The summed E-state index contributed by atoms with van der Waals surface area (Å²) in [5, 5.41) is 3.13. The SMILES string of the molecule is CCNc1ccc(S(=O)(=O)NC2(C)CCOC2)cc1. The quantitative estimate of drug-likeness (QED) is 0.861. The van der Waals surface area contributed by atoms with Crippen LogP contribution in [0, 0.1) is 0 Å². The molecule has 0 spiro atoms. The average molecular weight is 284 g/mol. The second kappa shape index (κ2) is 5.48. The molecule has 1 unspecified atom stereocenters. The Kier molecular flexibility index (Phi) is 4.13. The van der Waals surface area contributed by atoms with E-state index in [0.717, 1.165) is 12.2 Å². The molecule has 1 aliphatic heterocycles. The van der Waals surface area contributed by atoms with Crippen molar-refractivity contribution in [3.63, 3.8) is 0 Å². The standard InChI is InChI=1S/C13H20N2O3S/c1-3-14-11-4-6-12(7-5-11)19(16,17)15-13(2)8-9-18-10-13/h4-7,14-15H,3,8-10H2,1-2H3. The van der Waals surface area contributed by atoms with Crippen LogP contribution in [0.3, 0.4) is 0 Å². The minimum Gasteiger partial charge on any atom is -0.385 e. The van der Waals surface area contributed by atoms with Gasteiger partial charge in [0.05, 0.1) is 17.0 Å². The van der Waals surface area contributed by atoms with Crippen molar-refractivity contribution in [2.75, 3.05) is 25.1 Å². The van der Waals surface area contributed by atoms with Gasteiger partial charge in [-0.1, -0.05) is 0 Å². The summed E-state index contributed by atoms with van der Waals surface area (Å²) in [7, 11) is -3.49. The molecule has 1 atom stereocenters. The van der Waals surface area contributed by atoms with Gasteiger partial charge in [-0.3, -0.25) is 0 Å². The molecule has 0 aliphatic carbocycles.